The number of hydrogen-bond donors (Lipinski definition) is 0. The van der Waals surface area contributed by atoms with Crippen molar-refractivity contribution >= 4 is 11.6 Å². The average molecular weight is 271 g/mol. The van der Waals surface area contributed by atoms with Crippen LogP contribution in [0.15, 0.2) is 12.4 Å². The summed E-state index contributed by atoms with van der Waals surface area (Å²) < 4.78 is 10.5. The monoisotopic (exact) mass is 270 g/mol. The third kappa shape index (κ3) is 7.23. The maximum atomic E-state index is 5.68. The second-order valence-electron chi connectivity index (χ2n) is 2.74. The molecule has 100 valence electrons. The summed E-state index contributed by atoms with van der Waals surface area (Å²) in [6.45, 7) is 8.85. The summed E-state index contributed by atoms with van der Waals surface area (Å²) in [7, 11) is 0. The van der Waals surface area contributed by atoms with Gasteiger partial charge in [0.2, 0.25) is 6.29 Å². The van der Waals surface area contributed by atoms with Gasteiger partial charge in [-0.25, -0.2) is 4.98 Å². The Morgan fingerprint density at radius 1 is 1.22 bits per heavy atom. The van der Waals surface area contributed by atoms with Crippen LogP contribution in [-0.4, -0.2) is 29.5 Å². The molecular weight excluding hydrogens is 252 g/mol. The molecule has 0 saturated heterocycles. The van der Waals surface area contributed by atoms with Crippen molar-refractivity contribution in [2.45, 2.75) is 34.0 Å². The first kappa shape index (κ1) is 16.9. The summed E-state index contributed by atoms with van der Waals surface area (Å²) >= 11 is 5.68. The van der Waals surface area contributed by atoms with E-state index in [-0.39, 0.29) is 0 Å². The fourth-order valence-electron chi connectivity index (χ4n) is 0.969. The molecule has 5 heteroatoms. The van der Waals surface area contributed by atoms with Crippen LogP contribution < -0.4 is 0 Å². The predicted octanol–water partition coefficient (Wildman–Crippen LogP) is 2.91. The lowest BCUT2D eigenvalue weighted by atomic mass is 10.4. The second-order valence-corrected chi connectivity index (χ2v) is 3.13. The average Bonchev–Trinajstić information content (AvgIpc) is 2.39. The Balaban J connectivity index is 0.00000137. The Labute approximate surface area is 114 Å². The first-order chi connectivity index (χ1) is 8.76. The predicted molar refractivity (Wildman–Crippen MR) is 72.3 cm³/mol. The van der Waals surface area contributed by atoms with Crippen molar-refractivity contribution in [2.24, 2.45) is 0 Å². The Morgan fingerprint density at radius 3 is 2.33 bits per heavy atom. The van der Waals surface area contributed by atoms with Crippen LogP contribution >= 0.6 is 11.6 Å². The second kappa shape index (κ2) is 11.0. The van der Waals surface area contributed by atoms with E-state index >= 15 is 0 Å². The molecule has 0 spiro atoms. The van der Waals surface area contributed by atoms with Gasteiger partial charge in [0.1, 0.15) is 10.8 Å². The normalized spacial score (nSPS) is 9.22. The highest BCUT2D eigenvalue weighted by molar-refractivity contribution is 6.29. The smallest absolute Gasteiger partial charge is 0.222 e. The summed E-state index contributed by atoms with van der Waals surface area (Å²) in [6, 6.07) is 0. The SMILES string of the molecule is CC.CCOC(C#Cc1cncc(Cl)n1)OCC. The first-order valence-corrected chi connectivity index (χ1v) is 6.36. The van der Waals surface area contributed by atoms with Crippen molar-refractivity contribution in [1.82, 2.24) is 9.97 Å². The van der Waals surface area contributed by atoms with E-state index in [9.17, 15) is 0 Å². The minimum atomic E-state index is -0.532. The van der Waals surface area contributed by atoms with Gasteiger partial charge in [0.25, 0.3) is 0 Å². The molecule has 18 heavy (non-hydrogen) atoms. The standard InChI is InChI=1S/C11H13ClN2O2.C2H6/c1-3-15-11(16-4-2)6-5-9-7-13-8-10(12)14-9;1-2/h7-8,11H,3-4H2,1-2H3;1-2H3. The maximum Gasteiger partial charge on any atom is 0.222 e. The zero-order valence-corrected chi connectivity index (χ0v) is 12.0. The lowest BCUT2D eigenvalue weighted by molar-refractivity contribution is -0.0969. The molecule has 0 aliphatic rings. The molecule has 0 aliphatic carbocycles. The van der Waals surface area contributed by atoms with E-state index in [1.165, 1.54) is 12.4 Å². The molecule has 0 aromatic carbocycles. The Hall–Kier alpha value is -1.15. The van der Waals surface area contributed by atoms with Gasteiger partial charge in [-0.1, -0.05) is 25.4 Å². The maximum absolute atomic E-state index is 5.68. The highest BCUT2D eigenvalue weighted by Gasteiger charge is 2.02. The zero-order valence-electron chi connectivity index (χ0n) is 11.2. The Kier molecular flexibility index (Phi) is 10.3. The van der Waals surface area contributed by atoms with E-state index in [0.29, 0.717) is 24.1 Å². The van der Waals surface area contributed by atoms with Crippen molar-refractivity contribution in [3.8, 4) is 11.8 Å². The first-order valence-electron chi connectivity index (χ1n) is 5.98. The van der Waals surface area contributed by atoms with Crippen LogP contribution in [-0.2, 0) is 9.47 Å². The molecule has 0 bridgehead atoms. The lowest BCUT2D eigenvalue weighted by Crippen LogP contribution is -2.14. The van der Waals surface area contributed by atoms with Gasteiger partial charge < -0.3 is 9.47 Å². The number of halogens is 1. The third-order valence-corrected chi connectivity index (χ3v) is 1.74. The fourth-order valence-corrected chi connectivity index (χ4v) is 1.12. The molecular formula is C13H19ClN2O2. The van der Waals surface area contributed by atoms with Crippen LogP contribution in [0.5, 0.6) is 0 Å². The van der Waals surface area contributed by atoms with E-state index in [1.54, 1.807) is 0 Å². The summed E-state index contributed by atoms with van der Waals surface area (Å²) in [5.74, 6) is 5.61. The van der Waals surface area contributed by atoms with Crippen LogP contribution in [0, 0.1) is 11.8 Å². The van der Waals surface area contributed by atoms with Crippen molar-refractivity contribution in [3.05, 3.63) is 23.2 Å². The van der Waals surface area contributed by atoms with Gasteiger partial charge in [-0.15, -0.1) is 0 Å². The van der Waals surface area contributed by atoms with Crippen molar-refractivity contribution < 1.29 is 9.47 Å². The number of ether oxygens (including phenoxy) is 2. The molecule has 1 aromatic heterocycles. The molecule has 1 heterocycles. The summed E-state index contributed by atoms with van der Waals surface area (Å²) in [5.41, 5.74) is 0.497. The quantitative estimate of drug-likeness (QED) is 0.623. The Bertz CT molecular complexity index is 382. The largest absolute Gasteiger partial charge is 0.342 e. The minimum absolute atomic E-state index is 0.316. The third-order valence-electron chi connectivity index (χ3n) is 1.56. The molecule has 1 rings (SSSR count). The van der Waals surface area contributed by atoms with Gasteiger partial charge in [-0.05, 0) is 25.7 Å². The number of rotatable bonds is 4. The summed E-state index contributed by atoms with van der Waals surface area (Å²) in [6.07, 6.45) is 2.46. The van der Waals surface area contributed by atoms with Gasteiger partial charge in [0, 0.05) is 13.2 Å². The van der Waals surface area contributed by atoms with Gasteiger partial charge in [0.15, 0.2) is 0 Å². The van der Waals surface area contributed by atoms with Gasteiger partial charge in [-0.3, -0.25) is 4.98 Å². The molecule has 0 saturated carbocycles. The number of nitrogens with zero attached hydrogens (tertiary/aromatic N) is 2. The fraction of sp³-hybridized carbons (Fsp3) is 0.538. The minimum Gasteiger partial charge on any atom is -0.342 e. The van der Waals surface area contributed by atoms with Crippen LogP contribution in [0.1, 0.15) is 33.4 Å². The molecule has 0 amide bonds. The molecule has 1 aromatic rings. The topological polar surface area (TPSA) is 44.2 Å². The number of hydrogen-bond acceptors (Lipinski definition) is 4. The van der Waals surface area contributed by atoms with E-state index in [1.807, 2.05) is 27.7 Å². The van der Waals surface area contributed by atoms with Crippen molar-refractivity contribution in [2.75, 3.05) is 13.2 Å². The molecule has 0 radical (unpaired) electrons. The molecule has 0 aliphatic heterocycles. The summed E-state index contributed by atoms with van der Waals surface area (Å²) in [4.78, 5) is 7.86. The number of aromatic nitrogens is 2. The molecule has 0 atom stereocenters. The van der Waals surface area contributed by atoms with Crippen LogP contribution in [0.2, 0.25) is 5.15 Å². The molecule has 0 N–H and O–H groups in total. The van der Waals surface area contributed by atoms with Crippen molar-refractivity contribution in [3.63, 3.8) is 0 Å². The van der Waals surface area contributed by atoms with E-state index in [0.717, 1.165) is 0 Å². The molecule has 4 nitrogen and oxygen atoms in total. The molecule has 0 fully saturated rings. The Morgan fingerprint density at radius 2 is 1.83 bits per heavy atom. The van der Waals surface area contributed by atoms with E-state index in [4.69, 9.17) is 21.1 Å². The van der Waals surface area contributed by atoms with Gasteiger partial charge >= 0.3 is 0 Å². The van der Waals surface area contributed by atoms with Gasteiger partial charge in [-0.2, -0.15) is 0 Å². The molecule has 0 unspecified atom stereocenters. The lowest BCUT2D eigenvalue weighted by Gasteiger charge is -2.09. The highest BCUT2D eigenvalue weighted by atomic mass is 35.5. The van der Waals surface area contributed by atoms with Crippen LogP contribution in [0.4, 0.5) is 0 Å². The van der Waals surface area contributed by atoms with E-state index in [2.05, 4.69) is 21.8 Å². The van der Waals surface area contributed by atoms with Crippen LogP contribution in [0.3, 0.4) is 0 Å². The highest BCUT2D eigenvalue weighted by Crippen LogP contribution is 2.01. The zero-order chi connectivity index (χ0) is 13.8. The van der Waals surface area contributed by atoms with Crippen LogP contribution in [0.25, 0.3) is 0 Å². The summed E-state index contributed by atoms with van der Waals surface area (Å²) in [5, 5.41) is 0.316. The van der Waals surface area contributed by atoms with Crippen molar-refractivity contribution in [1.29, 1.82) is 0 Å². The van der Waals surface area contributed by atoms with Gasteiger partial charge in [0.05, 0.1) is 12.4 Å². The van der Waals surface area contributed by atoms with E-state index < -0.39 is 6.29 Å².